The molecule has 2 N–H and O–H groups in total. The number of hydrogen-bond donors (Lipinski definition) is 2. The van der Waals surface area contributed by atoms with Crippen molar-refractivity contribution in [2.75, 3.05) is 12.0 Å². The van der Waals surface area contributed by atoms with E-state index in [1.54, 1.807) is 6.26 Å². The molecule has 2 atom stereocenters. The molecular formula is C12H13BrF3NO2S. The minimum Gasteiger partial charge on any atom is -0.480 e. The van der Waals surface area contributed by atoms with E-state index in [1.807, 2.05) is 0 Å². The van der Waals surface area contributed by atoms with Crippen molar-refractivity contribution < 1.29 is 23.1 Å². The smallest absolute Gasteiger partial charge is 0.407 e. The average molecular weight is 372 g/mol. The molecular weight excluding hydrogens is 359 g/mol. The van der Waals surface area contributed by atoms with E-state index < -0.39 is 24.2 Å². The molecule has 0 saturated heterocycles. The summed E-state index contributed by atoms with van der Waals surface area (Å²) in [7, 11) is 0. The monoisotopic (exact) mass is 371 g/mol. The lowest BCUT2D eigenvalue weighted by Crippen LogP contribution is -2.46. The van der Waals surface area contributed by atoms with Crippen molar-refractivity contribution >= 4 is 33.7 Å². The van der Waals surface area contributed by atoms with Gasteiger partial charge in [0.25, 0.3) is 0 Å². The van der Waals surface area contributed by atoms with Gasteiger partial charge in [-0.3, -0.25) is 10.1 Å². The van der Waals surface area contributed by atoms with E-state index in [4.69, 9.17) is 5.11 Å². The topological polar surface area (TPSA) is 49.3 Å². The van der Waals surface area contributed by atoms with E-state index >= 15 is 0 Å². The Kier molecular flexibility index (Phi) is 6.35. The molecule has 8 heteroatoms. The second-order valence-corrected chi connectivity index (χ2v) is 5.87. The lowest BCUT2D eigenvalue weighted by molar-refractivity contribution is -0.162. The van der Waals surface area contributed by atoms with Crippen LogP contribution >= 0.6 is 27.7 Å². The second-order valence-electron chi connectivity index (χ2n) is 4.04. The zero-order valence-corrected chi connectivity index (χ0v) is 12.8. The Bertz CT molecular complexity index is 453. The van der Waals surface area contributed by atoms with Gasteiger partial charge in [0.05, 0.1) is 0 Å². The van der Waals surface area contributed by atoms with Crippen LogP contribution in [-0.4, -0.2) is 35.3 Å². The van der Waals surface area contributed by atoms with Gasteiger partial charge in [-0.15, -0.1) is 0 Å². The van der Waals surface area contributed by atoms with Crippen molar-refractivity contribution in [3.05, 3.63) is 34.3 Å². The number of carbonyl (C=O) groups is 1. The number of halogens is 4. The summed E-state index contributed by atoms with van der Waals surface area (Å²) >= 11 is 4.31. The van der Waals surface area contributed by atoms with E-state index in [0.717, 1.165) is 0 Å². The number of benzene rings is 1. The Balaban J connectivity index is 3.01. The summed E-state index contributed by atoms with van der Waals surface area (Å²) in [5, 5.41) is 11.1. The first-order valence-corrected chi connectivity index (χ1v) is 7.74. The molecule has 1 aromatic rings. The number of nitrogens with one attached hydrogen (secondary N) is 1. The maximum Gasteiger partial charge on any atom is 0.407 e. The van der Waals surface area contributed by atoms with Crippen LogP contribution in [0.3, 0.4) is 0 Å². The van der Waals surface area contributed by atoms with Gasteiger partial charge in [-0.25, -0.2) is 0 Å². The molecule has 0 radical (unpaired) electrons. The van der Waals surface area contributed by atoms with E-state index in [-0.39, 0.29) is 11.3 Å². The molecule has 0 spiro atoms. The van der Waals surface area contributed by atoms with Crippen molar-refractivity contribution in [2.45, 2.75) is 18.3 Å². The van der Waals surface area contributed by atoms with Crippen LogP contribution in [0.5, 0.6) is 0 Å². The number of carboxylic acids is 1. The van der Waals surface area contributed by atoms with Crippen LogP contribution in [0.15, 0.2) is 28.7 Å². The van der Waals surface area contributed by atoms with Crippen molar-refractivity contribution in [3.63, 3.8) is 0 Å². The highest BCUT2D eigenvalue weighted by Crippen LogP contribution is 2.33. The molecule has 1 rings (SSSR count). The third-order valence-corrected chi connectivity index (χ3v) is 3.73. The summed E-state index contributed by atoms with van der Waals surface area (Å²) in [6.07, 6.45) is -2.93. The summed E-state index contributed by atoms with van der Waals surface area (Å²) in [6.45, 7) is 0. The molecule has 3 nitrogen and oxygen atoms in total. The maximum atomic E-state index is 13.1. The van der Waals surface area contributed by atoms with E-state index in [2.05, 4.69) is 21.2 Å². The molecule has 0 bridgehead atoms. The lowest BCUT2D eigenvalue weighted by Gasteiger charge is -2.25. The molecule has 0 heterocycles. The van der Waals surface area contributed by atoms with E-state index in [0.29, 0.717) is 4.47 Å². The summed E-state index contributed by atoms with van der Waals surface area (Å²) in [5.41, 5.74) is -0.0203. The van der Waals surface area contributed by atoms with Gasteiger partial charge in [-0.2, -0.15) is 24.9 Å². The molecule has 0 fully saturated rings. The van der Waals surface area contributed by atoms with Crippen LogP contribution in [0.25, 0.3) is 0 Å². The predicted molar refractivity (Wildman–Crippen MR) is 75.9 cm³/mol. The summed E-state index contributed by atoms with van der Waals surface area (Å²) in [6, 6.07) is 2.32. The number of thioether (sulfide) groups is 1. The fourth-order valence-corrected chi connectivity index (χ4v) is 2.43. The van der Waals surface area contributed by atoms with Crippen LogP contribution in [0.2, 0.25) is 0 Å². The van der Waals surface area contributed by atoms with Crippen molar-refractivity contribution in [2.24, 2.45) is 0 Å². The fraction of sp³-hybridized carbons (Fsp3) is 0.417. The van der Waals surface area contributed by atoms with Crippen LogP contribution in [0, 0.1) is 0 Å². The molecule has 0 aromatic heterocycles. The molecule has 0 aliphatic rings. The predicted octanol–water partition coefficient (Wildman–Crippen LogP) is 3.46. The first kappa shape index (κ1) is 17.3. The summed E-state index contributed by atoms with van der Waals surface area (Å²) in [4.78, 5) is 11.0. The Labute approximate surface area is 127 Å². The summed E-state index contributed by atoms with van der Waals surface area (Å²) < 4.78 is 39.9. The number of rotatable bonds is 6. The molecule has 0 saturated carbocycles. The molecule has 20 heavy (non-hydrogen) atoms. The highest BCUT2D eigenvalue weighted by atomic mass is 79.9. The molecule has 0 aliphatic carbocycles. The van der Waals surface area contributed by atoms with Gasteiger partial charge in [-0.1, -0.05) is 28.1 Å². The molecule has 112 valence electrons. The van der Waals surface area contributed by atoms with Gasteiger partial charge in [-0.05, 0) is 24.0 Å². The first-order chi connectivity index (χ1) is 9.25. The first-order valence-electron chi connectivity index (χ1n) is 5.55. The van der Waals surface area contributed by atoms with Gasteiger partial charge in [0, 0.05) is 10.2 Å². The van der Waals surface area contributed by atoms with Crippen LogP contribution in [-0.2, 0) is 4.79 Å². The molecule has 0 aliphatic heterocycles. The third-order valence-electron chi connectivity index (χ3n) is 2.53. The van der Waals surface area contributed by atoms with Gasteiger partial charge >= 0.3 is 12.1 Å². The van der Waals surface area contributed by atoms with E-state index in [9.17, 15) is 18.0 Å². The Hall–Kier alpha value is -0.730. The zero-order chi connectivity index (χ0) is 15.3. The lowest BCUT2D eigenvalue weighted by atomic mass is 10.1. The molecule has 1 aromatic carbocycles. The molecule has 0 amide bonds. The third kappa shape index (κ3) is 4.99. The fourth-order valence-electron chi connectivity index (χ4n) is 1.59. The normalized spacial score (nSPS) is 14.8. The zero-order valence-electron chi connectivity index (χ0n) is 10.4. The number of aliphatic carboxylic acids is 1. The number of alkyl halides is 3. The van der Waals surface area contributed by atoms with Gasteiger partial charge in [0.15, 0.2) is 0 Å². The quantitative estimate of drug-likeness (QED) is 0.803. The Morgan fingerprint density at radius 3 is 2.35 bits per heavy atom. The second kappa shape index (κ2) is 7.33. The summed E-state index contributed by atoms with van der Waals surface area (Å²) in [5.74, 6) is -1.25. The standard InChI is InChI=1S/C12H13BrF3NO2S/c1-20-6-9(11(18)19)17-10(12(14,15)16)7-2-4-8(13)5-3-7/h2-5,9-10,17H,6H2,1H3,(H,18,19)/t9-,10-/m0/s1. The highest BCUT2D eigenvalue weighted by Gasteiger charge is 2.42. The highest BCUT2D eigenvalue weighted by molar-refractivity contribution is 9.10. The number of carboxylic acid groups (broad SMARTS) is 1. The maximum absolute atomic E-state index is 13.1. The minimum atomic E-state index is -4.57. The Morgan fingerprint density at radius 2 is 1.95 bits per heavy atom. The van der Waals surface area contributed by atoms with Gasteiger partial charge in [0.2, 0.25) is 0 Å². The molecule has 0 unspecified atom stereocenters. The van der Waals surface area contributed by atoms with Crippen molar-refractivity contribution in [1.82, 2.24) is 5.32 Å². The largest absolute Gasteiger partial charge is 0.480 e. The minimum absolute atomic E-state index is 0.0203. The Morgan fingerprint density at radius 1 is 1.40 bits per heavy atom. The average Bonchev–Trinajstić information content (AvgIpc) is 2.34. The number of hydrogen-bond acceptors (Lipinski definition) is 3. The SMILES string of the molecule is CSC[C@H](N[C@@H](c1ccc(Br)cc1)C(F)(F)F)C(=O)O. The van der Waals surface area contributed by atoms with Crippen molar-refractivity contribution in [3.8, 4) is 0 Å². The van der Waals surface area contributed by atoms with Gasteiger partial charge < -0.3 is 5.11 Å². The van der Waals surface area contributed by atoms with Crippen LogP contribution < -0.4 is 5.32 Å². The van der Waals surface area contributed by atoms with Gasteiger partial charge in [0.1, 0.15) is 12.1 Å². The van der Waals surface area contributed by atoms with Crippen LogP contribution in [0.1, 0.15) is 11.6 Å². The van der Waals surface area contributed by atoms with E-state index in [1.165, 1.54) is 36.0 Å². The van der Waals surface area contributed by atoms with Crippen LogP contribution in [0.4, 0.5) is 13.2 Å². The van der Waals surface area contributed by atoms with Crippen molar-refractivity contribution in [1.29, 1.82) is 0 Å².